The quantitative estimate of drug-likeness (QED) is 0.471. The molecule has 0 heterocycles. The van der Waals surface area contributed by atoms with Crippen molar-refractivity contribution in [2.45, 2.75) is 17.7 Å². The largest absolute Gasteiger partial charge is 0.398 e. The molecule has 4 nitrogen and oxygen atoms in total. The highest BCUT2D eigenvalue weighted by molar-refractivity contribution is 7.89. The molecule has 0 saturated heterocycles. The van der Waals surface area contributed by atoms with E-state index in [1.54, 1.807) is 0 Å². The molecule has 0 unspecified atom stereocenters. The zero-order valence-corrected chi connectivity index (χ0v) is 9.93. The van der Waals surface area contributed by atoms with Crippen LogP contribution in [0.2, 0.25) is 0 Å². The molecule has 0 amide bonds. The highest BCUT2D eigenvalue weighted by Crippen LogP contribution is 2.18. The van der Waals surface area contributed by atoms with Gasteiger partial charge in [-0.3, -0.25) is 0 Å². The monoisotopic (exact) mass is 256 g/mol. The van der Waals surface area contributed by atoms with Gasteiger partial charge >= 0.3 is 0 Å². The summed E-state index contributed by atoms with van der Waals surface area (Å²) in [6, 6.07) is 3.15. The Morgan fingerprint density at radius 1 is 1.47 bits per heavy atom. The van der Waals surface area contributed by atoms with Crippen molar-refractivity contribution in [1.82, 2.24) is 4.72 Å². The van der Waals surface area contributed by atoms with Crippen LogP contribution in [0.1, 0.15) is 12.8 Å². The number of nitrogens with two attached hydrogens (primary N) is 1. The summed E-state index contributed by atoms with van der Waals surface area (Å²) in [6.45, 7) is 0.226. The molecule has 0 aromatic heterocycles. The van der Waals surface area contributed by atoms with Gasteiger partial charge in [-0.1, -0.05) is 0 Å². The molecule has 0 aliphatic heterocycles. The Bertz CT molecular complexity index is 535. The highest BCUT2D eigenvalue weighted by atomic mass is 32.2. The number of hydrogen-bond donors (Lipinski definition) is 2. The van der Waals surface area contributed by atoms with Crippen LogP contribution in [0.3, 0.4) is 0 Å². The van der Waals surface area contributed by atoms with Crippen LogP contribution in [0.4, 0.5) is 10.1 Å². The van der Waals surface area contributed by atoms with Gasteiger partial charge in [-0.2, -0.15) is 0 Å². The molecule has 0 radical (unpaired) electrons. The number of terminal acetylenes is 1. The SMILES string of the molecule is C#CCCCNS(=O)(=O)c1ccc(F)cc1N. The number of nitrogens with one attached hydrogen (secondary N) is 1. The van der Waals surface area contributed by atoms with Crippen LogP contribution < -0.4 is 10.5 Å². The Kier molecular flexibility index (Phi) is 4.49. The number of sulfonamides is 1. The Morgan fingerprint density at radius 3 is 2.76 bits per heavy atom. The zero-order valence-electron chi connectivity index (χ0n) is 9.11. The molecule has 0 atom stereocenters. The van der Waals surface area contributed by atoms with Crippen LogP contribution in [-0.4, -0.2) is 15.0 Å². The predicted octanol–water partition coefficient (Wildman–Crippen LogP) is 1.10. The fourth-order valence-electron chi connectivity index (χ4n) is 1.24. The van der Waals surface area contributed by atoms with Crippen LogP contribution in [0.15, 0.2) is 23.1 Å². The average Bonchev–Trinajstić information content (AvgIpc) is 2.24. The molecule has 6 heteroatoms. The first-order chi connectivity index (χ1) is 7.97. The number of halogens is 1. The fourth-order valence-corrected chi connectivity index (χ4v) is 2.42. The van der Waals surface area contributed by atoms with E-state index in [0.717, 1.165) is 18.2 Å². The standard InChI is InChI=1S/C11H13FN2O2S/c1-2-3-4-7-14-17(15,16)11-6-5-9(12)8-10(11)13/h1,5-6,8,14H,3-4,7,13H2. The number of hydrogen-bond acceptors (Lipinski definition) is 3. The van der Waals surface area contributed by atoms with Crippen LogP contribution >= 0.6 is 0 Å². The third-order valence-electron chi connectivity index (χ3n) is 2.05. The van der Waals surface area contributed by atoms with E-state index in [4.69, 9.17) is 12.2 Å². The summed E-state index contributed by atoms with van der Waals surface area (Å²) in [4.78, 5) is -0.125. The van der Waals surface area contributed by atoms with Gasteiger partial charge in [0.15, 0.2) is 0 Å². The van der Waals surface area contributed by atoms with Gasteiger partial charge in [0.2, 0.25) is 10.0 Å². The molecule has 1 rings (SSSR count). The molecule has 0 aliphatic carbocycles. The lowest BCUT2D eigenvalue weighted by molar-refractivity contribution is 0.579. The number of anilines is 1. The molecule has 1 aromatic carbocycles. The van der Waals surface area contributed by atoms with Crippen molar-refractivity contribution >= 4 is 15.7 Å². The molecule has 0 saturated carbocycles. The summed E-state index contributed by atoms with van der Waals surface area (Å²) >= 11 is 0. The smallest absolute Gasteiger partial charge is 0.242 e. The first-order valence-electron chi connectivity index (χ1n) is 4.95. The zero-order chi connectivity index (χ0) is 12.9. The van der Waals surface area contributed by atoms with E-state index in [0.29, 0.717) is 12.8 Å². The summed E-state index contributed by atoms with van der Waals surface area (Å²) in [7, 11) is -3.70. The van der Waals surface area contributed by atoms with Crippen LogP contribution in [-0.2, 0) is 10.0 Å². The van der Waals surface area contributed by atoms with E-state index in [2.05, 4.69) is 10.6 Å². The summed E-state index contributed by atoms with van der Waals surface area (Å²) in [6.07, 6.45) is 6.07. The second kappa shape index (κ2) is 5.66. The maximum atomic E-state index is 12.8. The Hall–Kier alpha value is -1.58. The molecular formula is C11H13FN2O2S. The van der Waals surface area contributed by atoms with Crippen molar-refractivity contribution in [1.29, 1.82) is 0 Å². The summed E-state index contributed by atoms with van der Waals surface area (Å²) < 4.78 is 38.6. The van der Waals surface area contributed by atoms with E-state index in [-0.39, 0.29) is 17.1 Å². The van der Waals surface area contributed by atoms with E-state index in [1.807, 2.05) is 0 Å². The van der Waals surface area contributed by atoms with Crippen molar-refractivity contribution in [3.63, 3.8) is 0 Å². The van der Waals surface area contributed by atoms with E-state index in [1.165, 1.54) is 0 Å². The van der Waals surface area contributed by atoms with Gasteiger partial charge in [0.25, 0.3) is 0 Å². The molecule has 0 spiro atoms. The van der Waals surface area contributed by atoms with Gasteiger partial charge in [-0.25, -0.2) is 17.5 Å². The topological polar surface area (TPSA) is 72.2 Å². The lowest BCUT2D eigenvalue weighted by Crippen LogP contribution is -2.25. The first kappa shape index (κ1) is 13.5. The molecular weight excluding hydrogens is 243 g/mol. The maximum Gasteiger partial charge on any atom is 0.242 e. The van der Waals surface area contributed by atoms with Crippen LogP contribution in [0.5, 0.6) is 0 Å². The molecule has 0 fully saturated rings. The van der Waals surface area contributed by atoms with Crippen molar-refractivity contribution in [2.75, 3.05) is 12.3 Å². The minimum atomic E-state index is -3.70. The van der Waals surface area contributed by atoms with Gasteiger partial charge in [-0.05, 0) is 24.6 Å². The maximum absolute atomic E-state index is 12.8. The Balaban J connectivity index is 2.80. The number of benzene rings is 1. The van der Waals surface area contributed by atoms with Crippen molar-refractivity contribution < 1.29 is 12.8 Å². The second-order valence-electron chi connectivity index (χ2n) is 3.39. The third kappa shape index (κ3) is 3.73. The van der Waals surface area contributed by atoms with Crippen LogP contribution in [0, 0.1) is 18.2 Å². The third-order valence-corrected chi connectivity index (χ3v) is 3.59. The fraction of sp³-hybridized carbons (Fsp3) is 0.273. The minimum absolute atomic E-state index is 0.116. The van der Waals surface area contributed by atoms with Gasteiger partial charge in [0, 0.05) is 13.0 Å². The number of nitrogen functional groups attached to an aromatic ring is 1. The normalized spacial score (nSPS) is 11.1. The summed E-state index contributed by atoms with van der Waals surface area (Å²) in [5, 5.41) is 0. The van der Waals surface area contributed by atoms with Gasteiger partial charge in [-0.15, -0.1) is 12.3 Å². The first-order valence-corrected chi connectivity index (χ1v) is 6.44. The lowest BCUT2D eigenvalue weighted by Gasteiger charge is -2.08. The van der Waals surface area contributed by atoms with Gasteiger partial charge < -0.3 is 5.73 Å². The van der Waals surface area contributed by atoms with E-state index < -0.39 is 15.8 Å². The van der Waals surface area contributed by atoms with Gasteiger partial charge in [0.05, 0.1) is 5.69 Å². The minimum Gasteiger partial charge on any atom is -0.398 e. The molecule has 1 aromatic rings. The Labute approximate surface area is 100 Å². The molecule has 92 valence electrons. The number of rotatable bonds is 5. The van der Waals surface area contributed by atoms with Crippen LogP contribution in [0.25, 0.3) is 0 Å². The van der Waals surface area contributed by atoms with Crippen molar-refractivity contribution in [3.05, 3.63) is 24.0 Å². The lowest BCUT2D eigenvalue weighted by atomic mass is 10.3. The average molecular weight is 256 g/mol. The molecule has 3 N–H and O–H groups in total. The van der Waals surface area contributed by atoms with Crippen molar-refractivity contribution in [2.24, 2.45) is 0 Å². The summed E-state index contributed by atoms with van der Waals surface area (Å²) in [5.41, 5.74) is 5.33. The van der Waals surface area contributed by atoms with E-state index in [9.17, 15) is 12.8 Å². The molecule has 17 heavy (non-hydrogen) atoms. The molecule has 0 aliphatic rings. The second-order valence-corrected chi connectivity index (χ2v) is 5.12. The van der Waals surface area contributed by atoms with Crippen molar-refractivity contribution in [3.8, 4) is 12.3 Å². The Morgan fingerprint density at radius 2 is 2.18 bits per heavy atom. The predicted molar refractivity (Wildman–Crippen MR) is 64.1 cm³/mol. The summed E-state index contributed by atoms with van der Waals surface area (Å²) in [5.74, 6) is 1.83. The van der Waals surface area contributed by atoms with E-state index >= 15 is 0 Å². The highest BCUT2D eigenvalue weighted by Gasteiger charge is 2.16. The number of unbranched alkanes of at least 4 members (excludes halogenated alkanes) is 1. The van der Waals surface area contributed by atoms with Gasteiger partial charge in [0.1, 0.15) is 10.7 Å². The molecule has 0 bridgehead atoms.